The minimum Gasteiger partial charge on any atom is -0.353 e. The van der Waals surface area contributed by atoms with E-state index in [1.165, 1.54) is 23.9 Å². The first kappa shape index (κ1) is 17.5. The Balaban J connectivity index is 1.93. The summed E-state index contributed by atoms with van der Waals surface area (Å²) < 4.78 is 13.5. The Kier molecular flexibility index (Phi) is 5.43. The van der Waals surface area contributed by atoms with E-state index < -0.39 is 0 Å². The molecule has 1 atom stereocenters. The first-order chi connectivity index (χ1) is 12.1. The Morgan fingerprint density at radius 1 is 1.24 bits per heavy atom. The Morgan fingerprint density at radius 3 is 2.80 bits per heavy atom. The fourth-order valence-electron chi connectivity index (χ4n) is 2.67. The number of rotatable bonds is 6. The SMILES string of the molecule is CC[C@H](C)NC(=O)Cc1c(Sc2cccc(F)c2)[nH]c2ccccc12. The van der Waals surface area contributed by atoms with Crippen LogP contribution in [0.5, 0.6) is 0 Å². The van der Waals surface area contributed by atoms with Crippen molar-refractivity contribution in [1.82, 2.24) is 10.3 Å². The second-order valence-corrected chi connectivity index (χ2v) is 7.18. The van der Waals surface area contributed by atoms with Crippen molar-refractivity contribution in [3.8, 4) is 0 Å². The summed E-state index contributed by atoms with van der Waals surface area (Å²) in [5.74, 6) is -0.266. The van der Waals surface area contributed by atoms with Crippen molar-refractivity contribution in [3.63, 3.8) is 0 Å². The predicted molar refractivity (Wildman–Crippen MR) is 100 cm³/mol. The minimum atomic E-state index is -0.267. The average molecular weight is 356 g/mol. The molecule has 3 nitrogen and oxygen atoms in total. The highest BCUT2D eigenvalue weighted by molar-refractivity contribution is 7.99. The molecule has 1 aromatic heterocycles. The van der Waals surface area contributed by atoms with Gasteiger partial charge in [-0.1, -0.05) is 43.0 Å². The lowest BCUT2D eigenvalue weighted by Crippen LogP contribution is -2.33. The van der Waals surface area contributed by atoms with Crippen LogP contribution in [-0.4, -0.2) is 16.9 Å². The number of benzene rings is 2. The maximum absolute atomic E-state index is 13.5. The van der Waals surface area contributed by atoms with Crippen molar-refractivity contribution in [2.45, 2.75) is 42.7 Å². The van der Waals surface area contributed by atoms with Crippen molar-refractivity contribution >= 4 is 28.6 Å². The number of aromatic nitrogens is 1. The topological polar surface area (TPSA) is 44.9 Å². The number of halogens is 1. The third-order valence-electron chi connectivity index (χ3n) is 4.15. The van der Waals surface area contributed by atoms with Gasteiger partial charge in [-0.2, -0.15) is 0 Å². The summed E-state index contributed by atoms with van der Waals surface area (Å²) >= 11 is 1.45. The molecule has 0 fully saturated rings. The van der Waals surface area contributed by atoms with Crippen LogP contribution >= 0.6 is 11.8 Å². The lowest BCUT2D eigenvalue weighted by atomic mass is 10.1. The average Bonchev–Trinajstić information content (AvgIpc) is 2.92. The molecule has 1 amide bonds. The molecule has 3 rings (SSSR count). The molecule has 0 aliphatic carbocycles. The van der Waals surface area contributed by atoms with Gasteiger partial charge in [-0.05, 0) is 37.6 Å². The zero-order valence-electron chi connectivity index (χ0n) is 14.3. The van der Waals surface area contributed by atoms with E-state index in [1.54, 1.807) is 6.07 Å². The summed E-state index contributed by atoms with van der Waals surface area (Å²) in [4.78, 5) is 16.6. The molecule has 3 aromatic rings. The molecule has 0 bridgehead atoms. The second-order valence-electron chi connectivity index (χ2n) is 6.09. The van der Waals surface area contributed by atoms with Crippen molar-refractivity contribution in [2.24, 2.45) is 0 Å². The fraction of sp³-hybridized carbons (Fsp3) is 0.250. The summed E-state index contributed by atoms with van der Waals surface area (Å²) in [5, 5.41) is 4.92. The number of aromatic amines is 1. The lowest BCUT2D eigenvalue weighted by molar-refractivity contribution is -0.121. The normalized spacial score (nSPS) is 12.3. The number of nitrogens with one attached hydrogen (secondary N) is 2. The number of amides is 1. The molecule has 2 aromatic carbocycles. The Bertz CT molecular complexity index is 890. The van der Waals surface area contributed by atoms with E-state index in [9.17, 15) is 9.18 Å². The zero-order valence-corrected chi connectivity index (χ0v) is 15.1. The first-order valence-corrected chi connectivity index (χ1v) is 9.21. The molecule has 0 spiro atoms. The molecule has 0 radical (unpaired) electrons. The standard InChI is InChI=1S/C20H21FN2OS/c1-3-13(2)22-19(24)12-17-16-9-4-5-10-18(16)23-20(17)25-15-8-6-7-14(21)11-15/h4-11,13,23H,3,12H2,1-2H3,(H,22,24)/t13-/m0/s1. The van der Waals surface area contributed by atoms with Gasteiger partial charge in [0.25, 0.3) is 0 Å². The maximum Gasteiger partial charge on any atom is 0.224 e. The van der Waals surface area contributed by atoms with Gasteiger partial charge in [0.15, 0.2) is 0 Å². The van der Waals surface area contributed by atoms with E-state index in [0.717, 1.165) is 32.8 Å². The number of carbonyl (C=O) groups excluding carboxylic acids is 1. The van der Waals surface area contributed by atoms with Crippen LogP contribution < -0.4 is 5.32 Å². The highest BCUT2D eigenvalue weighted by Gasteiger charge is 2.16. The molecule has 0 aliphatic rings. The van der Waals surface area contributed by atoms with Gasteiger partial charge >= 0.3 is 0 Å². The van der Waals surface area contributed by atoms with Gasteiger partial charge in [0, 0.05) is 27.4 Å². The highest BCUT2D eigenvalue weighted by Crippen LogP contribution is 2.35. The number of hydrogen-bond donors (Lipinski definition) is 2. The molecular weight excluding hydrogens is 335 g/mol. The molecule has 1 heterocycles. The van der Waals surface area contributed by atoms with Crippen LogP contribution in [0.3, 0.4) is 0 Å². The number of carbonyl (C=O) groups is 1. The van der Waals surface area contributed by atoms with Gasteiger partial charge in [-0.25, -0.2) is 4.39 Å². The van der Waals surface area contributed by atoms with E-state index in [0.29, 0.717) is 6.42 Å². The Hall–Kier alpha value is -2.27. The number of H-pyrrole nitrogens is 1. The quantitative estimate of drug-likeness (QED) is 0.659. The van der Waals surface area contributed by atoms with E-state index in [4.69, 9.17) is 0 Å². The smallest absolute Gasteiger partial charge is 0.224 e. The van der Waals surface area contributed by atoms with Crippen LogP contribution in [0.15, 0.2) is 58.5 Å². The van der Waals surface area contributed by atoms with Gasteiger partial charge in [-0.3, -0.25) is 4.79 Å². The molecule has 0 saturated carbocycles. The molecule has 130 valence electrons. The maximum atomic E-state index is 13.5. The summed E-state index contributed by atoms with van der Waals surface area (Å²) in [7, 11) is 0. The van der Waals surface area contributed by atoms with Crippen LogP contribution in [0.25, 0.3) is 10.9 Å². The number of para-hydroxylation sites is 1. The van der Waals surface area contributed by atoms with Crippen LogP contribution in [0.4, 0.5) is 4.39 Å². The van der Waals surface area contributed by atoms with Gasteiger partial charge in [0.05, 0.1) is 11.4 Å². The molecule has 0 saturated heterocycles. The molecule has 0 unspecified atom stereocenters. The van der Waals surface area contributed by atoms with E-state index >= 15 is 0 Å². The fourth-order valence-corrected chi connectivity index (χ4v) is 3.69. The van der Waals surface area contributed by atoms with Crippen molar-refractivity contribution < 1.29 is 9.18 Å². The van der Waals surface area contributed by atoms with Crippen LogP contribution in [0.2, 0.25) is 0 Å². The third-order valence-corrected chi connectivity index (χ3v) is 5.19. The van der Waals surface area contributed by atoms with E-state index in [2.05, 4.69) is 10.3 Å². The zero-order chi connectivity index (χ0) is 17.8. The second kappa shape index (κ2) is 7.74. The van der Waals surface area contributed by atoms with Gasteiger partial charge in [-0.15, -0.1) is 0 Å². The largest absolute Gasteiger partial charge is 0.353 e. The predicted octanol–water partition coefficient (Wildman–Crippen LogP) is 4.92. The van der Waals surface area contributed by atoms with Gasteiger partial charge in [0.2, 0.25) is 5.91 Å². The molecule has 0 aliphatic heterocycles. The van der Waals surface area contributed by atoms with Gasteiger partial charge in [0.1, 0.15) is 5.82 Å². The van der Waals surface area contributed by atoms with Gasteiger partial charge < -0.3 is 10.3 Å². The highest BCUT2D eigenvalue weighted by atomic mass is 32.2. The van der Waals surface area contributed by atoms with Crippen LogP contribution in [-0.2, 0) is 11.2 Å². The molecule has 25 heavy (non-hydrogen) atoms. The monoisotopic (exact) mass is 356 g/mol. The summed E-state index contributed by atoms with van der Waals surface area (Å²) in [6, 6.07) is 14.5. The van der Waals surface area contributed by atoms with Crippen LogP contribution in [0, 0.1) is 5.82 Å². The van der Waals surface area contributed by atoms with E-state index in [1.807, 2.05) is 44.2 Å². The van der Waals surface area contributed by atoms with Crippen molar-refractivity contribution in [3.05, 3.63) is 59.9 Å². The molecule has 5 heteroatoms. The van der Waals surface area contributed by atoms with E-state index in [-0.39, 0.29) is 17.8 Å². The van der Waals surface area contributed by atoms with Crippen molar-refractivity contribution in [2.75, 3.05) is 0 Å². The third kappa shape index (κ3) is 4.23. The lowest BCUT2D eigenvalue weighted by Gasteiger charge is -2.12. The Labute approximate surface area is 151 Å². The number of hydrogen-bond acceptors (Lipinski definition) is 2. The van der Waals surface area contributed by atoms with Crippen molar-refractivity contribution in [1.29, 1.82) is 0 Å². The first-order valence-electron chi connectivity index (χ1n) is 8.39. The summed E-state index contributed by atoms with van der Waals surface area (Å²) in [5.41, 5.74) is 1.93. The minimum absolute atomic E-state index is 0.000181. The molecule has 2 N–H and O–H groups in total. The summed E-state index contributed by atoms with van der Waals surface area (Å²) in [6.45, 7) is 4.04. The summed E-state index contributed by atoms with van der Waals surface area (Å²) in [6.07, 6.45) is 1.19. The number of fused-ring (bicyclic) bond motifs is 1. The van der Waals surface area contributed by atoms with Crippen LogP contribution in [0.1, 0.15) is 25.8 Å². The molecular formula is C20H21FN2OS. The Morgan fingerprint density at radius 2 is 2.04 bits per heavy atom.